The van der Waals surface area contributed by atoms with E-state index in [1.807, 2.05) is 6.92 Å². The molecule has 0 aromatic heterocycles. The van der Waals surface area contributed by atoms with E-state index in [-0.39, 0.29) is 10.8 Å². The Hall–Kier alpha value is -1.24. The Morgan fingerprint density at radius 1 is 1.00 bits per heavy atom. The molecule has 4 heteroatoms. The van der Waals surface area contributed by atoms with Crippen LogP contribution in [0.5, 0.6) is 0 Å². The van der Waals surface area contributed by atoms with Crippen LogP contribution in [0.2, 0.25) is 0 Å². The summed E-state index contributed by atoms with van der Waals surface area (Å²) in [6.07, 6.45) is 5.85. The third-order valence-corrected chi connectivity index (χ3v) is 3.41. The summed E-state index contributed by atoms with van der Waals surface area (Å²) < 4.78 is 0. The van der Waals surface area contributed by atoms with Gasteiger partial charge in [-0.1, -0.05) is 20.8 Å². The van der Waals surface area contributed by atoms with Gasteiger partial charge in [-0.2, -0.15) is 4.99 Å². The van der Waals surface area contributed by atoms with Crippen LogP contribution in [-0.2, 0) is 9.59 Å². The van der Waals surface area contributed by atoms with Gasteiger partial charge in [0, 0.05) is 0 Å². The maximum absolute atomic E-state index is 10.5. The first-order chi connectivity index (χ1) is 7.74. The molecule has 1 aliphatic rings. The van der Waals surface area contributed by atoms with Gasteiger partial charge in [0.2, 0.25) is 12.2 Å². The summed E-state index contributed by atoms with van der Waals surface area (Å²) in [5, 5.41) is 0. The molecule has 0 heterocycles. The summed E-state index contributed by atoms with van der Waals surface area (Å²) in [5.41, 5.74) is -0.411. The second-order valence-corrected chi connectivity index (χ2v) is 6.61. The highest BCUT2D eigenvalue weighted by atomic mass is 16.1. The van der Waals surface area contributed by atoms with Gasteiger partial charge in [0.1, 0.15) is 0 Å². The second-order valence-electron chi connectivity index (χ2n) is 6.61. The van der Waals surface area contributed by atoms with Gasteiger partial charge >= 0.3 is 0 Å². The number of hydrogen-bond acceptors (Lipinski definition) is 4. The van der Waals surface area contributed by atoms with Crippen molar-refractivity contribution in [1.82, 2.24) is 0 Å². The lowest BCUT2D eigenvalue weighted by Gasteiger charge is -2.48. The zero-order valence-electron chi connectivity index (χ0n) is 11.0. The Labute approximate surface area is 102 Å². The van der Waals surface area contributed by atoms with Crippen molar-refractivity contribution >= 4 is 12.2 Å². The summed E-state index contributed by atoms with van der Waals surface area (Å²) in [5.74, 6) is 0. The van der Waals surface area contributed by atoms with E-state index in [0.717, 1.165) is 19.3 Å². The summed E-state index contributed by atoms with van der Waals surface area (Å²) in [7, 11) is 0. The second kappa shape index (κ2) is 4.56. The van der Waals surface area contributed by atoms with Gasteiger partial charge in [-0.3, -0.25) is 0 Å². The molecule has 17 heavy (non-hydrogen) atoms. The molecular formula is C13H20N2O2. The largest absolute Gasteiger partial charge is 0.235 e. The molecule has 0 N–H and O–H groups in total. The molecule has 1 rings (SSSR count). The minimum atomic E-state index is -0.392. The molecule has 94 valence electrons. The van der Waals surface area contributed by atoms with Gasteiger partial charge in [0.05, 0.1) is 12.1 Å². The molecule has 0 spiro atoms. The molecule has 0 aromatic rings. The summed E-state index contributed by atoms with van der Waals surface area (Å²) >= 11 is 0. The number of isocyanates is 2. The van der Waals surface area contributed by atoms with Crippen molar-refractivity contribution in [3.63, 3.8) is 0 Å². The van der Waals surface area contributed by atoms with Crippen LogP contribution in [-0.4, -0.2) is 24.2 Å². The topological polar surface area (TPSA) is 58.9 Å². The van der Waals surface area contributed by atoms with E-state index < -0.39 is 5.54 Å². The molecule has 0 bridgehead atoms. The van der Waals surface area contributed by atoms with Crippen LogP contribution in [0, 0.1) is 10.8 Å². The molecule has 1 aliphatic carbocycles. The number of rotatable bonds is 3. The van der Waals surface area contributed by atoms with E-state index >= 15 is 0 Å². The highest BCUT2D eigenvalue weighted by molar-refractivity contribution is 5.35. The van der Waals surface area contributed by atoms with E-state index in [1.54, 1.807) is 12.2 Å². The zero-order chi connectivity index (χ0) is 13.2. The van der Waals surface area contributed by atoms with E-state index in [0.29, 0.717) is 6.54 Å². The molecule has 0 radical (unpaired) electrons. The molecule has 2 unspecified atom stereocenters. The molecule has 1 saturated carbocycles. The number of carbonyl (C=O) groups excluding carboxylic acids is 2. The van der Waals surface area contributed by atoms with Crippen LogP contribution >= 0.6 is 0 Å². The van der Waals surface area contributed by atoms with Crippen molar-refractivity contribution in [2.75, 3.05) is 6.54 Å². The van der Waals surface area contributed by atoms with E-state index in [2.05, 4.69) is 30.8 Å². The maximum atomic E-state index is 10.5. The average Bonchev–Trinajstić information content (AvgIpc) is 2.10. The Kier molecular flexibility index (Phi) is 3.71. The molecule has 0 amide bonds. The van der Waals surface area contributed by atoms with Crippen LogP contribution < -0.4 is 0 Å². The van der Waals surface area contributed by atoms with Gasteiger partial charge in [-0.25, -0.2) is 14.6 Å². The first-order valence-corrected chi connectivity index (χ1v) is 5.87. The Bertz CT molecular complexity index is 392. The van der Waals surface area contributed by atoms with Crippen molar-refractivity contribution in [1.29, 1.82) is 0 Å². The monoisotopic (exact) mass is 236 g/mol. The highest BCUT2D eigenvalue weighted by Gasteiger charge is 2.47. The van der Waals surface area contributed by atoms with Crippen molar-refractivity contribution in [3.8, 4) is 0 Å². The van der Waals surface area contributed by atoms with Crippen LogP contribution in [0.1, 0.15) is 47.0 Å². The van der Waals surface area contributed by atoms with Gasteiger partial charge in [-0.15, -0.1) is 0 Å². The maximum Gasteiger partial charge on any atom is 0.235 e. The number of hydrogen-bond donors (Lipinski definition) is 0. The zero-order valence-corrected chi connectivity index (χ0v) is 11.0. The summed E-state index contributed by atoms with van der Waals surface area (Å²) in [4.78, 5) is 28.5. The van der Waals surface area contributed by atoms with Crippen molar-refractivity contribution in [2.24, 2.45) is 20.8 Å². The first kappa shape index (κ1) is 13.8. The van der Waals surface area contributed by atoms with Crippen molar-refractivity contribution in [3.05, 3.63) is 0 Å². The number of nitrogens with zero attached hydrogens (tertiary/aromatic N) is 2. The molecule has 4 nitrogen and oxygen atoms in total. The number of aliphatic imine (C=N–C) groups is 2. The third-order valence-electron chi connectivity index (χ3n) is 3.41. The fraction of sp³-hybridized carbons (Fsp3) is 0.846. The molecule has 0 aliphatic heterocycles. The lowest BCUT2D eigenvalue weighted by Crippen LogP contribution is -2.45. The van der Waals surface area contributed by atoms with Crippen molar-refractivity contribution < 1.29 is 9.59 Å². The van der Waals surface area contributed by atoms with Crippen LogP contribution in [0.3, 0.4) is 0 Å². The minimum absolute atomic E-state index is 0.0838. The fourth-order valence-electron chi connectivity index (χ4n) is 3.82. The Morgan fingerprint density at radius 2 is 1.65 bits per heavy atom. The lowest BCUT2D eigenvalue weighted by molar-refractivity contribution is 0.0518. The van der Waals surface area contributed by atoms with Crippen LogP contribution in [0.4, 0.5) is 0 Å². The standard InChI is InChI=1S/C13H20N2O2/c1-11(2)5-12(3,8-14-9-16)7-13(4,6-11)15-10-17/h5-8H2,1-4H3. The Balaban J connectivity index is 3.02. The predicted molar refractivity (Wildman–Crippen MR) is 65.3 cm³/mol. The van der Waals surface area contributed by atoms with Gasteiger partial charge in [0.15, 0.2) is 0 Å². The van der Waals surface area contributed by atoms with E-state index in [9.17, 15) is 9.59 Å². The molecule has 0 aromatic carbocycles. The van der Waals surface area contributed by atoms with E-state index in [4.69, 9.17) is 0 Å². The van der Waals surface area contributed by atoms with Gasteiger partial charge < -0.3 is 0 Å². The normalized spacial score (nSPS) is 35.5. The predicted octanol–water partition coefficient (Wildman–Crippen LogP) is 2.63. The molecule has 2 atom stereocenters. The third kappa shape index (κ3) is 3.62. The molecule has 0 saturated heterocycles. The summed E-state index contributed by atoms with van der Waals surface area (Å²) in [6.45, 7) is 8.83. The first-order valence-electron chi connectivity index (χ1n) is 5.87. The van der Waals surface area contributed by atoms with Gasteiger partial charge in [-0.05, 0) is 37.0 Å². The SMILES string of the molecule is CC1(C)CC(C)(CN=C=O)CC(C)(N=C=O)C1. The molecule has 1 fully saturated rings. The minimum Gasteiger partial charge on any atom is -0.211 e. The Morgan fingerprint density at radius 3 is 2.18 bits per heavy atom. The van der Waals surface area contributed by atoms with E-state index in [1.165, 1.54) is 0 Å². The highest BCUT2D eigenvalue weighted by Crippen LogP contribution is 2.51. The fourth-order valence-corrected chi connectivity index (χ4v) is 3.82. The average molecular weight is 236 g/mol. The van der Waals surface area contributed by atoms with Crippen LogP contribution in [0.15, 0.2) is 9.98 Å². The summed E-state index contributed by atoms with van der Waals surface area (Å²) in [6, 6.07) is 0. The quantitative estimate of drug-likeness (QED) is 0.558. The lowest BCUT2D eigenvalue weighted by atomic mass is 9.58. The molecular weight excluding hydrogens is 216 g/mol. The van der Waals surface area contributed by atoms with Gasteiger partial charge in [0.25, 0.3) is 0 Å². The smallest absolute Gasteiger partial charge is 0.211 e. The van der Waals surface area contributed by atoms with Crippen LogP contribution in [0.25, 0.3) is 0 Å². The van der Waals surface area contributed by atoms with Crippen molar-refractivity contribution in [2.45, 2.75) is 52.5 Å².